The molecule has 0 amide bonds. The standard InChI is InChI=1S/C6H16N2O/c1-7-4-6(9)5-8(2)3/h6-7,9H,4-5H2,1-3H3/t6-/m0/s1. The van der Waals surface area contributed by atoms with Crippen LogP contribution < -0.4 is 5.32 Å². The topological polar surface area (TPSA) is 35.5 Å². The van der Waals surface area contributed by atoms with Crippen LogP contribution in [0.1, 0.15) is 0 Å². The minimum absolute atomic E-state index is 0.245. The molecule has 0 rings (SSSR count). The number of hydrogen-bond acceptors (Lipinski definition) is 3. The van der Waals surface area contributed by atoms with Crippen molar-refractivity contribution in [1.82, 2.24) is 10.2 Å². The predicted molar refractivity (Wildman–Crippen MR) is 38.5 cm³/mol. The molecular weight excluding hydrogens is 116 g/mol. The fraction of sp³-hybridized carbons (Fsp3) is 1.00. The quantitative estimate of drug-likeness (QED) is 0.522. The molecule has 0 aliphatic rings. The third kappa shape index (κ3) is 5.76. The van der Waals surface area contributed by atoms with Crippen molar-refractivity contribution in [1.29, 1.82) is 0 Å². The van der Waals surface area contributed by atoms with Crippen LogP contribution >= 0.6 is 0 Å². The molecule has 0 aromatic heterocycles. The van der Waals surface area contributed by atoms with Crippen LogP contribution in [-0.4, -0.2) is 50.3 Å². The van der Waals surface area contributed by atoms with Gasteiger partial charge in [0.1, 0.15) is 0 Å². The van der Waals surface area contributed by atoms with Crippen LogP contribution in [0.15, 0.2) is 0 Å². The van der Waals surface area contributed by atoms with E-state index in [1.54, 1.807) is 0 Å². The first-order chi connectivity index (χ1) is 4.16. The zero-order valence-electron chi connectivity index (χ0n) is 6.39. The Morgan fingerprint density at radius 2 is 2.11 bits per heavy atom. The van der Waals surface area contributed by atoms with Gasteiger partial charge in [-0.15, -0.1) is 0 Å². The van der Waals surface area contributed by atoms with E-state index in [0.717, 1.165) is 6.54 Å². The molecule has 1 atom stereocenters. The van der Waals surface area contributed by atoms with Crippen molar-refractivity contribution in [2.75, 3.05) is 34.2 Å². The Hall–Kier alpha value is -0.120. The first-order valence-corrected chi connectivity index (χ1v) is 3.14. The lowest BCUT2D eigenvalue weighted by Crippen LogP contribution is -2.33. The van der Waals surface area contributed by atoms with Crippen LogP contribution in [-0.2, 0) is 0 Å². The Morgan fingerprint density at radius 1 is 1.56 bits per heavy atom. The van der Waals surface area contributed by atoms with Gasteiger partial charge >= 0.3 is 0 Å². The molecule has 0 aromatic rings. The highest BCUT2D eigenvalue weighted by atomic mass is 16.3. The number of nitrogens with zero attached hydrogens (tertiary/aromatic N) is 1. The van der Waals surface area contributed by atoms with E-state index in [2.05, 4.69) is 5.32 Å². The van der Waals surface area contributed by atoms with Crippen LogP contribution in [0.4, 0.5) is 0 Å². The highest BCUT2D eigenvalue weighted by molar-refractivity contribution is 4.59. The van der Waals surface area contributed by atoms with Crippen molar-refractivity contribution in [2.24, 2.45) is 0 Å². The third-order valence-corrected chi connectivity index (χ3v) is 1.02. The lowest BCUT2D eigenvalue weighted by Gasteiger charge is -2.14. The van der Waals surface area contributed by atoms with Gasteiger partial charge in [-0.1, -0.05) is 0 Å². The van der Waals surface area contributed by atoms with Crippen LogP contribution in [0.3, 0.4) is 0 Å². The summed E-state index contributed by atoms with van der Waals surface area (Å²) in [6.07, 6.45) is -0.245. The fourth-order valence-electron chi connectivity index (χ4n) is 0.722. The molecule has 9 heavy (non-hydrogen) atoms. The van der Waals surface area contributed by atoms with E-state index in [1.165, 1.54) is 0 Å². The lowest BCUT2D eigenvalue weighted by atomic mass is 10.3. The molecule has 0 aromatic carbocycles. The van der Waals surface area contributed by atoms with Gasteiger partial charge < -0.3 is 15.3 Å². The number of aliphatic hydroxyl groups is 1. The second-order valence-corrected chi connectivity index (χ2v) is 2.47. The third-order valence-electron chi connectivity index (χ3n) is 1.02. The van der Waals surface area contributed by atoms with Crippen molar-refractivity contribution in [2.45, 2.75) is 6.10 Å². The van der Waals surface area contributed by atoms with Gasteiger partial charge in [-0.05, 0) is 21.1 Å². The van der Waals surface area contributed by atoms with E-state index in [4.69, 9.17) is 5.11 Å². The van der Waals surface area contributed by atoms with Crippen molar-refractivity contribution in [3.63, 3.8) is 0 Å². The van der Waals surface area contributed by atoms with Gasteiger partial charge in [0, 0.05) is 13.1 Å². The SMILES string of the molecule is CNC[C@H](O)CN(C)C. The Balaban J connectivity index is 3.15. The molecule has 0 unspecified atom stereocenters. The van der Waals surface area contributed by atoms with E-state index in [0.29, 0.717) is 6.54 Å². The summed E-state index contributed by atoms with van der Waals surface area (Å²) in [5.41, 5.74) is 0. The van der Waals surface area contributed by atoms with Crippen molar-refractivity contribution < 1.29 is 5.11 Å². The van der Waals surface area contributed by atoms with E-state index >= 15 is 0 Å². The van der Waals surface area contributed by atoms with E-state index in [-0.39, 0.29) is 6.10 Å². The highest BCUT2D eigenvalue weighted by Gasteiger charge is 2.01. The number of likely N-dealkylation sites (N-methyl/N-ethyl adjacent to an activating group) is 2. The van der Waals surface area contributed by atoms with Gasteiger partial charge in [-0.2, -0.15) is 0 Å². The average Bonchev–Trinajstić information content (AvgIpc) is 1.63. The predicted octanol–water partition coefficient (Wildman–Crippen LogP) is -0.872. The number of rotatable bonds is 4. The summed E-state index contributed by atoms with van der Waals surface area (Å²) in [5, 5.41) is 12.0. The zero-order chi connectivity index (χ0) is 7.28. The van der Waals surface area contributed by atoms with Crippen LogP contribution in [0.5, 0.6) is 0 Å². The fourth-order valence-corrected chi connectivity index (χ4v) is 0.722. The molecule has 0 fully saturated rings. The first kappa shape index (κ1) is 8.88. The summed E-state index contributed by atoms with van der Waals surface area (Å²) in [6.45, 7) is 1.39. The molecule has 0 heterocycles. The van der Waals surface area contributed by atoms with Crippen LogP contribution in [0, 0.1) is 0 Å². The van der Waals surface area contributed by atoms with E-state index < -0.39 is 0 Å². The molecule has 0 saturated carbocycles. The number of nitrogens with one attached hydrogen (secondary N) is 1. The normalized spacial score (nSPS) is 14.3. The first-order valence-electron chi connectivity index (χ1n) is 3.14. The van der Waals surface area contributed by atoms with Crippen LogP contribution in [0.2, 0.25) is 0 Å². The zero-order valence-corrected chi connectivity index (χ0v) is 6.39. The maximum absolute atomic E-state index is 9.12. The van der Waals surface area contributed by atoms with Crippen LogP contribution in [0.25, 0.3) is 0 Å². The number of aliphatic hydroxyl groups excluding tert-OH is 1. The van der Waals surface area contributed by atoms with Gasteiger partial charge in [0.05, 0.1) is 6.10 Å². The smallest absolute Gasteiger partial charge is 0.0790 e. The molecule has 0 aliphatic heterocycles. The van der Waals surface area contributed by atoms with E-state index in [9.17, 15) is 0 Å². The maximum Gasteiger partial charge on any atom is 0.0790 e. The van der Waals surface area contributed by atoms with Crippen molar-refractivity contribution in [3.05, 3.63) is 0 Å². The monoisotopic (exact) mass is 132 g/mol. The van der Waals surface area contributed by atoms with Gasteiger partial charge in [0.15, 0.2) is 0 Å². The molecule has 0 aliphatic carbocycles. The molecular formula is C6H16N2O. The molecule has 56 valence electrons. The largest absolute Gasteiger partial charge is 0.390 e. The highest BCUT2D eigenvalue weighted by Crippen LogP contribution is 1.81. The average molecular weight is 132 g/mol. The molecule has 0 spiro atoms. The summed E-state index contributed by atoms with van der Waals surface area (Å²) in [7, 11) is 5.72. The Kier molecular flexibility index (Phi) is 4.67. The summed E-state index contributed by atoms with van der Waals surface area (Å²) >= 11 is 0. The second-order valence-electron chi connectivity index (χ2n) is 2.47. The maximum atomic E-state index is 9.12. The Labute approximate surface area is 56.7 Å². The summed E-state index contributed by atoms with van der Waals surface area (Å²) in [4.78, 5) is 1.96. The summed E-state index contributed by atoms with van der Waals surface area (Å²) in [6, 6.07) is 0. The van der Waals surface area contributed by atoms with Gasteiger partial charge in [0.2, 0.25) is 0 Å². The number of hydrogen-bond donors (Lipinski definition) is 2. The lowest BCUT2D eigenvalue weighted by molar-refractivity contribution is 0.137. The van der Waals surface area contributed by atoms with Crippen molar-refractivity contribution in [3.8, 4) is 0 Å². The molecule has 2 N–H and O–H groups in total. The molecule has 3 heteroatoms. The van der Waals surface area contributed by atoms with Gasteiger partial charge in [-0.25, -0.2) is 0 Å². The molecule has 0 bridgehead atoms. The summed E-state index contributed by atoms with van der Waals surface area (Å²) < 4.78 is 0. The van der Waals surface area contributed by atoms with Crippen molar-refractivity contribution >= 4 is 0 Å². The van der Waals surface area contributed by atoms with Gasteiger partial charge in [0.25, 0.3) is 0 Å². The summed E-state index contributed by atoms with van der Waals surface area (Å²) in [5.74, 6) is 0. The molecule has 0 saturated heterocycles. The minimum atomic E-state index is -0.245. The molecule has 0 radical (unpaired) electrons. The molecule has 3 nitrogen and oxygen atoms in total. The van der Waals surface area contributed by atoms with Gasteiger partial charge in [-0.3, -0.25) is 0 Å². The second kappa shape index (κ2) is 4.73. The van der Waals surface area contributed by atoms with E-state index in [1.807, 2.05) is 26.0 Å². The Morgan fingerprint density at radius 3 is 2.44 bits per heavy atom. The minimum Gasteiger partial charge on any atom is -0.390 e. The Bertz CT molecular complexity index is 66.1.